The van der Waals surface area contributed by atoms with Crippen LogP contribution in [0, 0.1) is 0 Å². The Bertz CT molecular complexity index is 650. The molecule has 1 atom stereocenters. The van der Waals surface area contributed by atoms with E-state index in [0.717, 1.165) is 0 Å². The molecule has 1 aromatic rings. The van der Waals surface area contributed by atoms with E-state index < -0.39 is 17.7 Å². The van der Waals surface area contributed by atoms with E-state index in [2.05, 4.69) is 0 Å². The lowest BCUT2D eigenvalue weighted by molar-refractivity contribution is -0.192. The minimum absolute atomic E-state index is 0.0239. The van der Waals surface area contributed by atoms with Gasteiger partial charge in [0, 0.05) is 5.56 Å². The summed E-state index contributed by atoms with van der Waals surface area (Å²) in [4.78, 5) is 24.2. The van der Waals surface area contributed by atoms with Crippen molar-refractivity contribution in [3.8, 4) is 11.5 Å². The van der Waals surface area contributed by atoms with Crippen molar-refractivity contribution < 1.29 is 33.6 Å². The monoisotopic (exact) mass is 322 g/mol. The third kappa shape index (κ3) is 3.14. The van der Waals surface area contributed by atoms with Crippen molar-refractivity contribution in [3.05, 3.63) is 29.3 Å². The van der Waals surface area contributed by atoms with Crippen molar-refractivity contribution in [2.24, 2.45) is 0 Å². The Balaban J connectivity index is 2.52. The molecule has 1 aliphatic heterocycles. The van der Waals surface area contributed by atoms with Gasteiger partial charge in [0.15, 0.2) is 0 Å². The summed E-state index contributed by atoms with van der Waals surface area (Å²) < 4.78 is 20.2. The zero-order valence-corrected chi connectivity index (χ0v) is 13.1. The molecule has 124 valence electrons. The van der Waals surface area contributed by atoms with Crippen LogP contribution in [-0.2, 0) is 19.1 Å². The largest absolute Gasteiger partial charge is 0.497 e. The molecule has 0 spiro atoms. The van der Waals surface area contributed by atoms with E-state index in [1.54, 1.807) is 26.0 Å². The maximum atomic E-state index is 12.1. The van der Waals surface area contributed by atoms with Crippen LogP contribution in [0.3, 0.4) is 0 Å². The summed E-state index contributed by atoms with van der Waals surface area (Å²) in [7, 11) is 1.50. The summed E-state index contributed by atoms with van der Waals surface area (Å²) in [5.41, 5.74) is 0.125. The molecule has 7 nitrogen and oxygen atoms in total. The highest BCUT2D eigenvalue weighted by Crippen LogP contribution is 2.37. The van der Waals surface area contributed by atoms with E-state index >= 15 is 0 Å². The Kier molecular flexibility index (Phi) is 4.90. The predicted molar refractivity (Wildman–Crippen MR) is 79.8 cm³/mol. The van der Waals surface area contributed by atoms with Gasteiger partial charge in [0.1, 0.15) is 17.1 Å². The van der Waals surface area contributed by atoms with Crippen LogP contribution in [-0.4, -0.2) is 43.2 Å². The number of rotatable bonds is 5. The zero-order chi connectivity index (χ0) is 17.0. The molecule has 2 rings (SSSR count). The molecule has 0 saturated carbocycles. The number of esters is 2. The van der Waals surface area contributed by atoms with Gasteiger partial charge < -0.3 is 24.1 Å². The van der Waals surface area contributed by atoms with E-state index in [1.807, 2.05) is 0 Å². The molecule has 0 bridgehead atoms. The van der Waals surface area contributed by atoms with E-state index in [9.17, 15) is 14.7 Å². The smallest absolute Gasteiger partial charge is 0.385 e. The number of hydrogen-bond donors (Lipinski definition) is 1. The molecule has 1 aliphatic rings. The van der Waals surface area contributed by atoms with Crippen molar-refractivity contribution >= 4 is 18.0 Å². The molecule has 0 aromatic heterocycles. The molecule has 0 amide bonds. The number of fused-ring (bicyclic) bond motifs is 1. The first-order chi connectivity index (χ1) is 11.0. The molecule has 1 aromatic carbocycles. The average Bonchev–Trinajstić information content (AvgIpc) is 2.54. The topological polar surface area (TPSA) is 91.3 Å². The second kappa shape index (κ2) is 6.70. The molecule has 7 heteroatoms. The highest BCUT2D eigenvalue weighted by Gasteiger charge is 2.51. The summed E-state index contributed by atoms with van der Waals surface area (Å²) in [6.07, 6.45) is 1.33. The second-order valence-corrected chi connectivity index (χ2v) is 4.65. The summed E-state index contributed by atoms with van der Waals surface area (Å²) in [6, 6.07) is 4.74. The van der Waals surface area contributed by atoms with Crippen molar-refractivity contribution in [2.45, 2.75) is 19.6 Å². The number of methoxy groups -OCH3 is 1. The number of benzene rings is 1. The quantitative estimate of drug-likeness (QED) is 0.817. The molecule has 1 N–H and O–H groups in total. The zero-order valence-electron chi connectivity index (χ0n) is 13.1. The molecule has 0 saturated heterocycles. The van der Waals surface area contributed by atoms with Gasteiger partial charge in [-0.05, 0) is 38.1 Å². The van der Waals surface area contributed by atoms with Gasteiger partial charge in [0.2, 0.25) is 0 Å². The van der Waals surface area contributed by atoms with E-state index in [4.69, 9.17) is 18.9 Å². The van der Waals surface area contributed by atoms with Crippen molar-refractivity contribution in [2.75, 3.05) is 20.3 Å². The highest BCUT2D eigenvalue weighted by atomic mass is 16.7. The molecule has 1 heterocycles. The first kappa shape index (κ1) is 16.8. The van der Waals surface area contributed by atoms with Gasteiger partial charge in [-0.3, -0.25) is 0 Å². The fourth-order valence-electron chi connectivity index (χ4n) is 2.11. The SMILES string of the molecule is CCOC(=O)C1=Cc2cc(OC)ccc2OC1(O)C(=O)OCC. The van der Waals surface area contributed by atoms with Crippen molar-refractivity contribution in [1.29, 1.82) is 0 Å². The van der Waals surface area contributed by atoms with Crippen LogP contribution in [0.1, 0.15) is 19.4 Å². The van der Waals surface area contributed by atoms with Crippen LogP contribution in [0.5, 0.6) is 11.5 Å². The fourth-order valence-corrected chi connectivity index (χ4v) is 2.11. The van der Waals surface area contributed by atoms with Gasteiger partial charge in [0.25, 0.3) is 0 Å². The lowest BCUT2D eigenvalue weighted by Crippen LogP contribution is -2.51. The molecular weight excluding hydrogens is 304 g/mol. The van der Waals surface area contributed by atoms with Crippen molar-refractivity contribution in [1.82, 2.24) is 0 Å². The fraction of sp³-hybridized carbons (Fsp3) is 0.375. The molecule has 23 heavy (non-hydrogen) atoms. The van der Waals surface area contributed by atoms with E-state index in [0.29, 0.717) is 11.3 Å². The Hall–Kier alpha value is -2.54. The average molecular weight is 322 g/mol. The first-order valence-corrected chi connectivity index (χ1v) is 7.12. The Labute approximate surface area is 133 Å². The molecular formula is C16H18O7. The molecule has 0 fully saturated rings. The van der Waals surface area contributed by atoms with Crippen molar-refractivity contribution in [3.63, 3.8) is 0 Å². The summed E-state index contributed by atoms with van der Waals surface area (Å²) >= 11 is 0. The Morgan fingerprint density at radius 1 is 1.22 bits per heavy atom. The number of ether oxygens (including phenoxy) is 4. The number of carbonyl (C=O) groups is 2. The molecule has 0 aliphatic carbocycles. The lowest BCUT2D eigenvalue weighted by Gasteiger charge is -2.31. The lowest BCUT2D eigenvalue weighted by atomic mass is 9.98. The molecule has 0 radical (unpaired) electrons. The van der Waals surface area contributed by atoms with Crippen LogP contribution in [0.25, 0.3) is 6.08 Å². The summed E-state index contributed by atoms with van der Waals surface area (Å²) in [5.74, 6) is -3.75. The second-order valence-electron chi connectivity index (χ2n) is 4.65. The van der Waals surface area contributed by atoms with E-state index in [1.165, 1.54) is 19.3 Å². The summed E-state index contributed by atoms with van der Waals surface area (Å²) in [5, 5.41) is 10.6. The third-order valence-corrected chi connectivity index (χ3v) is 3.19. The predicted octanol–water partition coefficient (Wildman–Crippen LogP) is 1.29. The van der Waals surface area contributed by atoms with Crippen LogP contribution in [0.4, 0.5) is 0 Å². The van der Waals surface area contributed by atoms with Gasteiger partial charge in [0.05, 0.1) is 20.3 Å². The normalized spacial score (nSPS) is 19.0. The van der Waals surface area contributed by atoms with Crippen LogP contribution in [0.15, 0.2) is 23.8 Å². The standard InChI is InChI=1S/C16H18O7/c1-4-21-14(17)12-9-10-8-11(20-3)6-7-13(10)23-16(12,19)15(18)22-5-2/h6-9,19H,4-5H2,1-3H3. The van der Waals surface area contributed by atoms with Crippen LogP contribution < -0.4 is 9.47 Å². The first-order valence-electron chi connectivity index (χ1n) is 7.12. The van der Waals surface area contributed by atoms with Gasteiger partial charge in [-0.15, -0.1) is 0 Å². The Morgan fingerprint density at radius 3 is 2.52 bits per heavy atom. The van der Waals surface area contributed by atoms with Gasteiger partial charge >= 0.3 is 17.7 Å². The number of carbonyl (C=O) groups excluding carboxylic acids is 2. The highest BCUT2D eigenvalue weighted by molar-refractivity contribution is 6.04. The minimum Gasteiger partial charge on any atom is -0.497 e. The maximum absolute atomic E-state index is 12.1. The van der Waals surface area contributed by atoms with E-state index in [-0.39, 0.29) is 24.5 Å². The number of hydrogen-bond acceptors (Lipinski definition) is 7. The minimum atomic E-state index is -2.55. The molecule has 1 unspecified atom stereocenters. The van der Waals surface area contributed by atoms with Crippen LogP contribution in [0.2, 0.25) is 0 Å². The van der Waals surface area contributed by atoms with Crippen LogP contribution >= 0.6 is 0 Å². The van der Waals surface area contributed by atoms with Gasteiger partial charge in [-0.2, -0.15) is 0 Å². The number of aliphatic hydroxyl groups is 1. The van der Waals surface area contributed by atoms with Gasteiger partial charge in [-0.1, -0.05) is 0 Å². The Morgan fingerprint density at radius 2 is 1.91 bits per heavy atom. The van der Waals surface area contributed by atoms with Gasteiger partial charge in [-0.25, -0.2) is 9.59 Å². The third-order valence-electron chi connectivity index (χ3n) is 3.19. The summed E-state index contributed by atoms with van der Waals surface area (Å²) in [6.45, 7) is 3.30. The maximum Gasteiger partial charge on any atom is 0.385 e.